The largest absolute Gasteiger partial charge is 0.344 e. The third-order valence-electron chi connectivity index (χ3n) is 4.44. The molecule has 3 aromatic carbocycles. The Hall–Kier alpha value is -1.47. The van der Waals surface area contributed by atoms with E-state index in [1.54, 1.807) is 0 Å². The van der Waals surface area contributed by atoms with Crippen molar-refractivity contribution >= 4 is 40.2 Å². The third-order valence-corrected chi connectivity index (χ3v) is 8.96. The van der Waals surface area contributed by atoms with E-state index in [-0.39, 0.29) is 23.1 Å². The van der Waals surface area contributed by atoms with Gasteiger partial charge in [0.05, 0.1) is 6.16 Å². The highest BCUT2D eigenvalue weighted by atomic mass is 79.9. The molecule has 0 aliphatic heterocycles. The molecule has 3 aromatic rings. The fraction of sp³-hybridized carbons (Fsp3) is 0.182. The normalized spacial score (nSPS) is 10.4. The number of unbranched alkanes of at least 4 members (excludes halogenated alkanes) is 1. The zero-order chi connectivity index (χ0) is 16.0. The minimum absolute atomic E-state index is 0. The van der Waals surface area contributed by atoms with Gasteiger partial charge in [0.2, 0.25) is 0 Å². The number of hydrogen-bond acceptors (Lipinski definition) is 1. The molecule has 0 amide bonds. The summed E-state index contributed by atoms with van der Waals surface area (Å²) in [5.41, 5.74) is 0. The number of rotatable bonds is 6. The summed E-state index contributed by atoms with van der Waals surface area (Å²) in [5.74, 6) is 0. The second kappa shape index (κ2) is 10.5. The fourth-order valence-corrected chi connectivity index (χ4v) is 7.78. The molecule has 3 rings (SSSR count). The van der Waals surface area contributed by atoms with Crippen molar-refractivity contribution in [2.45, 2.75) is 19.8 Å². The van der Waals surface area contributed by atoms with Crippen LogP contribution in [0.3, 0.4) is 0 Å². The summed E-state index contributed by atoms with van der Waals surface area (Å²) in [7, 11) is -1.57. The van der Waals surface area contributed by atoms with E-state index in [1.807, 2.05) is 0 Å². The van der Waals surface area contributed by atoms with Crippen molar-refractivity contribution in [2.24, 2.45) is 0 Å². The molecule has 0 saturated carbocycles. The van der Waals surface area contributed by atoms with Crippen LogP contribution in [0.25, 0.3) is 0 Å². The molecule has 0 fully saturated rings. The molecule has 3 N–H and O–H groups in total. The molecule has 0 bridgehead atoms. The Labute approximate surface area is 163 Å². The minimum atomic E-state index is -1.57. The van der Waals surface area contributed by atoms with E-state index < -0.39 is 7.26 Å². The Morgan fingerprint density at radius 2 is 0.920 bits per heavy atom. The lowest BCUT2D eigenvalue weighted by atomic mass is 10.3. The average molecular weight is 417 g/mol. The van der Waals surface area contributed by atoms with Gasteiger partial charge >= 0.3 is 0 Å². The molecule has 3 heteroatoms. The highest BCUT2D eigenvalue weighted by Gasteiger charge is 2.44. The van der Waals surface area contributed by atoms with E-state index in [9.17, 15) is 0 Å². The molecule has 0 unspecified atom stereocenters. The molecule has 0 atom stereocenters. The SMILES string of the molecule is Br.CCCC[P+](c1ccccc1)(c1ccccc1)c1ccccc1.N. The molecule has 0 spiro atoms. The number of halogens is 1. The molecule has 0 heterocycles. The van der Waals surface area contributed by atoms with E-state index in [4.69, 9.17) is 0 Å². The van der Waals surface area contributed by atoms with Gasteiger partial charge in [0.25, 0.3) is 0 Å². The lowest BCUT2D eigenvalue weighted by Crippen LogP contribution is -2.33. The summed E-state index contributed by atoms with van der Waals surface area (Å²) in [6, 6.07) is 33.4. The first kappa shape index (κ1) is 21.6. The van der Waals surface area contributed by atoms with Crippen molar-refractivity contribution in [2.75, 3.05) is 6.16 Å². The quantitative estimate of drug-likeness (QED) is 0.527. The van der Waals surface area contributed by atoms with Crippen LogP contribution < -0.4 is 22.1 Å². The maximum atomic E-state index is 2.32. The lowest BCUT2D eigenvalue weighted by molar-refractivity contribution is 0.891. The maximum absolute atomic E-state index is 2.32. The first-order valence-electron chi connectivity index (χ1n) is 8.43. The van der Waals surface area contributed by atoms with Crippen molar-refractivity contribution in [3.63, 3.8) is 0 Å². The molecule has 0 aliphatic carbocycles. The summed E-state index contributed by atoms with van der Waals surface area (Å²) in [6.07, 6.45) is 3.72. The van der Waals surface area contributed by atoms with Gasteiger partial charge in [-0.05, 0) is 42.8 Å². The van der Waals surface area contributed by atoms with Crippen LogP contribution in [0.5, 0.6) is 0 Å². The third kappa shape index (κ3) is 4.58. The Morgan fingerprint density at radius 1 is 0.600 bits per heavy atom. The Morgan fingerprint density at radius 3 is 1.20 bits per heavy atom. The van der Waals surface area contributed by atoms with Crippen LogP contribution in [0.2, 0.25) is 0 Å². The molecule has 1 nitrogen and oxygen atoms in total. The monoisotopic (exact) mass is 416 g/mol. The van der Waals surface area contributed by atoms with Crippen LogP contribution in [0, 0.1) is 0 Å². The topological polar surface area (TPSA) is 35.0 Å². The van der Waals surface area contributed by atoms with Gasteiger partial charge in [0, 0.05) is 0 Å². The summed E-state index contributed by atoms with van der Waals surface area (Å²) < 4.78 is 0. The molecule has 0 aromatic heterocycles. The minimum Gasteiger partial charge on any atom is -0.344 e. The molecule has 0 saturated heterocycles. The van der Waals surface area contributed by atoms with Gasteiger partial charge in [-0.1, -0.05) is 67.9 Å². The molecular formula is C22H28BrNP+. The Kier molecular flexibility index (Phi) is 9.06. The molecule has 0 radical (unpaired) electrons. The van der Waals surface area contributed by atoms with Crippen molar-refractivity contribution < 1.29 is 0 Å². The number of hydrogen-bond donors (Lipinski definition) is 1. The predicted molar refractivity (Wildman–Crippen MR) is 120 cm³/mol. The van der Waals surface area contributed by atoms with Crippen LogP contribution in [-0.2, 0) is 0 Å². The average Bonchev–Trinajstić information content (AvgIpc) is 2.65. The Balaban J connectivity index is 0.00000156. The van der Waals surface area contributed by atoms with Gasteiger partial charge in [0.15, 0.2) is 0 Å². The first-order chi connectivity index (χ1) is 11.4. The zero-order valence-electron chi connectivity index (χ0n) is 14.8. The summed E-state index contributed by atoms with van der Waals surface area (Å²) >= 11 is 0. The second-order valence-corrected chi connectivity index (χ2v) is 9.51. The van der Waals surface area contributed by atoms with Crippen molar-refractivity contribution in [1.82, 2.24) is 6.15 Å². The van der Waals surface area contributed by atoms with Gasteiger partial charge in [-0.25, -0.2) is 0 Å². The highest BCUT2D eigenvalue weighted by molar-refractivity contribution is 8.93. The van der Waals surface area contributed by atoms with Crippen LogP contribution in [0.15, 0.2) is 91.0 Å². The summed E-state index contributed by atoms with van der Waals surface area (Å²) in [4.78, 5) is 0. The van der Waals surface area contributed by atoms with E-state index in [0.717, 1.165) is 0 Å². The number of benzene rings is 3. The van der Waals surface area contributed by atoms with Crippen LogP contribution in [0.1, 0.15) is 19.8 Å². The molecular weight excluding hydrogens is 389 g/mol. The van der Waals surface area contributed by atoms with Gasteiger partial charge in [0.1, 0.15) is 23.2 Å². The summed E-state index contributed by atoms with van der Waals surface area (Å²) in [5, 5.41) is 4.47. The van der Waals surface area contributed by atoms with Gasteiger partial charge in [-0.15, -0.1) is 17.0 Å². The van der Waals surface area contributed by atoms with Crippen molar-refractivity contribution in [3.05, 3.63) is 91.0 Å². The lowest BCUT2D eigenvalue weighted by Gasteiger charge is -2.27. The van der Waals surface area contributed by atoms with Gasteiger partial charge < -0.3 is 6.15 Å². The molecule has 132 valence electrons. The summed E-state index contributed by atoms with van der Waals surface area (Å²) in [6.45, 7) is 2.29. The van der Waals surface area contributed by atoms with Crippen molar-refractivity contribution in [3.8, 4) is 0 Å². The first-order valence-corrected chi connectivity index (χ1v) is 10.4. The zero-order valence-corrected chi connectivity index (χ0v) is 17.5. The maximum Gasteiger partial charge on any atom is 0.112 e. The predicted octanol–water partition coefficient (Wildman–Crippen LogP) is 5.52. The van der Waals surface area contributed by atoms with Crippen LogP contribution >= 0.6 is 24.2 Å². The van der Waals surface area contributed by atoms with Crippen molar-refractivity contribution in [1.29, 1.82) is 0 Å². The highest BCUT2D eigenvalue weighted by Crippen LogP contribution is 2.55. The standard InChI is InChI=1S/C22H24P.BrH.H3N/c1-2-3-19-23(20-13-7-4-8-14-20,21-15-9-5-10-16-21)22-17-11-6-12-18-22;;/h4-18H,2-3,19H2,1H3;1H;1H3/q+1;;. The molecule has 25 heavy (non-hydrogen) atoms. The smallest absolute Gasteiger partial charge is 0.112 e. The van der Waals surface area contributed by atoms with E-state index in [0.29, 0.717) is 0 Å². The Bertz CT molecular complexity index is 620. The van der Waals surface area contributed by atoms with Crippen LogP contribution in [0.4, 0.5) is 0 Å². The van der Waals surface area contributed by atoms with Gasteiger partial charge in [-0.3, -0.25) is 0 Å². The fourth-order valence-electron chi connectivity index (χ4n) is 3.28. The van der Waals surface area contributed by atoms with E-state index in [1.165, 1.54) is 34.9 Å². The van der Waals surface area contributed by atoms with E-state index >= 15 is 0 Å². The second-order valence-electron chi connectivity index (χ2n) is 5.89. The van der Waals surface area contributed by atoms with Crippen LogP contribution in [-0.4, -0.2) is 6.16 Å². The molecule has 0 aliphatic rings. The van der Waals surface area contributed by atoms with E-state index in [2.05, 4.69) is 97.9 Å². The van der Waals surface area contributed by atoms with Gasteiger partial charge in [-0.2, -0.15) is 0 Å².